The van der Waals surface area contributed by atoms with Gasteiger partial charge >= 0.3 is 0 Å². The Bertz CT molecular complexity index is 976. The van der Waals surface area contributed by atoms with Crippen LogP contribution in [0.3, 0.4) is 0 Å². The Morgan fingerprint density at radius 2 is 1.97 bits per heavy atom. The van der Waals surface area contributed by atoms with Gasteiger partial charge in [-0.3, -0.25) is 4.79 Å². The highest BCUT2D eigenvalue weighted by Crippen LogP contribution is 2.24. The minimum Gasteiger partial charge on any atom is -0.497 e. The number of carbonyl (C=O) groups is 1. The van der Waals surface area contributed by atoms with E-state index < -0.39 is 0 Å². The first-order chi connectivity index (χ1) is 14.4. The lowest BCUT2D eigenvalue weighted by atomic mass is 10.1. The number of hydrogen-bond acceptors (Lipinski definition) is 7. The normalized spacial score (nSPS) is 11.1. The molecule has 7 nitrogen and oxygen atoms in total. The van der Waals surface area contributed by atoms with Crippen molar-refractivity contribution >= 4 is 34.1 Å². The molecule has 2 heterocycles. The molecule has 1 N–H and O–H groups in total. The zero-order valence-corrected chi connectivity index (χ0v) is 19.6. The Morgan fingerprint density at radius 3 is 2.57 bits per heavy atom. The van der Waals surface area contributed by atoms with Crippen molar-refractivity contribution in [2.45, 2.75) is 45.8 Å². The van der Waals surface area contributed by atoms with Crippen molar-refractivity contribution in [1.82, 2.24) is 19.7 Å². The van der Waals surface area contributed by atoms with Crippen LogP contribution in [0.4, 0.5) is 5.13 Å². The van der Waals surface area contributed by atoms with Gasteiger partial charge in [-0.05, 0) is 37.5 Å². The Balaban J connectivity index is 1.68. The second kappa shape index (κ2) is 10.1. The van der Waals surface area contributed by atoms with Gasteiger partial charge in [0, 0.05) is 17.8 Å². The molecular formula is C21H27N5O2S2. The minimum absolute atomic E-state index is 0.0930. The molecule has 1 aromatic carbocycles. The summed E-state index contributed by atoms with van der Waals surface area (Å²) in [5, 5.41) is 13.0. The number of ether oxygens (including phenoxy) is 1. The van der Waals surface area contributed by atoms with E-state index in [2.05, 4.69) is 38.9 Å². The smallest absolute Gasteiger partial charge is 0.236 e. The van der Waals surface area contributed by atoms with Crippen LogP contribution in [0.15, 0.2) is 29.4 Å². The molecule has 2 aromatic heterocycles. The fraction of sp³-hybridized carbons (Fsp3) is 0.429. The van der Waals surface area contributed by atoms with Gasteiger partial charge in [0.25, 0.3) is 0 Å². The molecule has 30 heavy (non-hydrogen) atoms. The summed E-state index contributed by atoms with van der Waals surface area (Å²) in [6, 6.07) is 7.96. The number of anilines is 1. The van der Waals surface area contributed by atoms with Gasteiger partial charge in [-0.25, -0.2) is 4.98 Å². The number of carbonyl (C=O) groups excluding carboxylic acids is 1. The number of nitrogens with one attached hydrogen (secondary N) is 1. The van der Waals surface area contributed by atoms with E-state index in [0.717, 1.165) is 39.4 Å². The topological polar surface area (TPSA) is 81.9 Å². The quantitative estimate of drug-likeness (QED) is 0.494. The van der Waals surface area contributed by atoms with Crippen molar-refractivity contribution in [3.05, 3.63) is 46.2 Å². The Hall–Kier alpha value is -2.39. The maximum absolute atomic E-state index is 12.4. The third kappa shape index (κ3) is 5.82. The number of nitrogens with zero attached hydrogens (tertiary/aromatic N) is 4. The van der Waals surface area contributed by atoms with Gasteiger partial charge in [-0.15, -0.1) is 21.5 Å². The number of thioether (sulfide) groups is 1. The van der Waals surface area contributed by atoms with Crippen LogP contribution in [0.2, 0.25) is 0 Å². The molecule has 9 heteroatoms. The van der Waals surface area contributed by atoms with E-state index >= 15 is 0 Å². The lowest BCUT2D eigenvalue weighted by Crippen LogP contribution is -2.15. The van der Waals surface area contributed by atoms with Gasteiger partial charge in [0.05, 0.1) is 18.6 Å². The molecule has 0 radical (unpaired) electrons. The molecular weight excluding hydrogens is 418 g/mol. The molecule has 3 rings (SSSR count). The van der Waals surface area contributed by atoms with Crippen LogP contribution < -0.4 is 10.1 Å². The first-order valence-corrected chi connectivity index (χ1v) is 11.6. The Morgan fingerprint density at radius 1 is 1.23 bits per heavy atom. The van der Waals surface area contributed by atoms with Crippen LogP contribution in [0.1, 0.15) is 35.8 Å². The Kier molecular flexibility index (Phi) is 7.49. The lowest BCUT2D eigenvalue weighted by Gasteiger charge is -2.12. The fourth-order valence-electron chi connectivity index (χ4n) is 2.84. The zero-order chi connectivity index (χ0) is 21.7. The first-order valence-electron chi connectivity index (χ1n) is 9.77. The summed E-state index contributed by atoms with van der Waals surface area (Å²) in [5.41, 5.74) is 2.08. The van der Waals surface area contributed by atoms with Crippen molar-refractivity contribution in [2.24, 2.45) is 5.92 Å². The van der Waals surface area contributed by atoms with E-state index in [-0.39, 0.29) is 11.7 Å². The Labute approximate surface area is 185 Å². The molecule has 0 fully saturated rings. The number of amides is 1. The predicted molar refractivity (Wildman–Crippen MR) is 122 cm³/mol. The third-order valence-corrected chi connectivity index (χ3v) is 6.42. The van der Waals surface area contributed by atoms with E-state index in [1.165, 1.54) is 23.1 Å². The van der Waals surface area contributed by atoms with Crippen molar-refractivity contribution in [1.29, 1.82) is 0 Å². The van der Waals surface area contributed by atoms with Crippen LogP contribution >= 0.6 is 23.1 Å². The number of methoxy groups -OCH3 is 1. The molecule has 160 valence electrons. The zero-order valence-electron chi connectivity index (χ0n) is 17.9. The summed E-state index contributed by atoms with van der Waals surface area (Å²) >= 11 is 2.89. The molecule has 1 amide bonds. The maximum Gasteiger partial charge on any atom is 0.236 e. The highest BCUT2D eigenvalue weighted by molar-refractivity contribution is 7.99. The molecule has 0 aliphatic carbocycles. The van der Waals surface area contributed by atoms with Crippen LogP contribution in [-0.4, -0.2) is 38.5 Å². The van der Waals surface area contributed by atoms with Gasteiger partial charge in [0.15, 0.2) is 10.3 Å². The van der Waals surface area contributed by atoms with Crippen LogP contribution in [0.5, 0.6) is 5.75 Å². The van der Waals surface area contributed by atoms with E-state index in [1.807, 2.05) is 38.1 Å². The fourth-order valence-corrected chi connectivity index (χ4v) is 4.44. The molecule has 0 bridgehead atoms. The monoisotopic (exact) mass is 445 g/mol. The van der Waals surface area contributed by atoms with Gasteiger partial charge in [0.2, 0.25) is 5.91 Å². The van der Waals surface area contributed by atoms with Gasteiger partial charge in [0.1, 0.15) is 11.6 Å². The van der Waals surface area contributed by atoms with Gasteiger partial charge in [-0.2, -0.15) is 0 Å². The number of rotatable bonds is 9. The molecule has 0 saturated heterocycles. The summed E-state index contributed by atoms with van der Waals surface area (Å²) in [4.78, 5) is 17.8. The standard InChI is InChI=1S/C21H27N5O2S2/c1-13(2)11-26-18(10-16-6-8-17(28-5)9-7-16)24-25-21(26)29-12-19(27)23-20-22-14(3)15(4)30-20/h6-9,13H,10-12H2,1-5H3,(H,22,23,27). The van der Waals surface area contributed by atoms with Gasteiger partial charge in [-0.1, -0.05) is 37.7 Å². The second-order valence-corrected chi connectivity index (χ2v) is 9.57. The number of aromatic nitrogens is 4. The summed E-state index contributed by atoms with van der Waals surface area (Å²) in [6.45, 7) is 9.05. The maximum atomic E-state index is 12.4. The summed E-state index contributed by atoms with van der Waals surface area (Å²) in [5.74, 6) is 2.32. The first kappa shape index (κ1) is 22.3. The average molecular weight is 446 g/mol. The van der Waals surface area contributed by atoms with Crippen LogP contribution in [0.25, 0.3) is 0 Å². The van der Waals surface area contributed by atoms with Crippen molar-refractivity contribution in [3.63, 3.8) is 0 Å². The second-order valence-electron chi connectivity index (χ2n) is 7.43. The van der Waals surface area contributed by atoms with E-state index in [4.69, 9.17) is 4.74 Å². The third-order valence-electron chi connectivity index (χ3n) is 4.47. The average Bonchev–Trinajstić information content (AvgIpc) is 3.22. The summed E-state index contributed by atoms with van der Waals surface area (Å²) < 4.78 is 7.34. The molecule has 0 spiro atoms. The highest BCUT2D eigenvalue weighted by Gasteiger charge is 2.16. The number of aryl methyl sites for hydroxylation is 2. The molecule has 0 aliphatic rings. The van der Waals surface area contributed by atoms with Crippen LogP contribution in [0, 0.1) is 19.8 Å². The minimum atomic E-state index is -0.0930. The number of thiazole rings is 1. The highest BCUT2D eigenvalue weighted by atomic mass is 32.2. The largest absolute Gasteiger partial charge is 0.497 e. The van der Waals surface area contributed by atoms with Gasteiger partial charge < -0.3 is 14.6 Å². The van der Waals surface area contributed by atoms with E-state index in [9.17, 15) is 4.79 Å². The SMILES string of the molecule is COc1ccc(Cc2nnc(SCC(=O)Nc3nc(C)c(C)s3)n2CC(C)C)cc1. The molecule has 3 aromatic rings. The van der Waals surface area contributed by atoms with E-state index in [0.29, 0.717) is 17.5 Å². The van der Waals surface area contributed by atoms with Crippen LogP contribution in [-0.2, 0) is 17.8 Å². The van der Waals surface area contributed by atoms with Crippen molar-refractivity contribution < 1.29 is 9.53 Å². The molecule has 0 unspecified atom stereocenters. The lowest BCUT2D eigenvalue weighted by molar-refractivity contribution is -0.113. The summed E-state index contributed by atoms with van der Waals surface area (Å²) in [6.07, 6.45) is 0.675. The summed E-state index contributed by atoms with van der Waals surface area (Å²) in [7, 11) is 1.66. The predicted octanol–water partition coefficient (Wildman–Crippen LogP) is 4.34. The van der Waals surface area contributed by atoms with E-state index in [1.54, 1.807) is 7.11 Å². The number of benzene rings is 1. The molecule has 0 saturated carbocycles. The molecule has 0 atom stereocenters. The molecule has 0 aliphatic heterocycles. The van der Waals surface area contributed by atoms with Crippen molar-refractivity contribution in [2.75, 3.05) is 18.2 Å². The number of hydrogen-bond donors (Lipinski definition) is 1. The van der Waals surface area contributed by atoms with Crippen molar-refractivity contribution in [3.8, 4) is 5.75 Å².